The monoisotopic (exact) mass is 269 g/mol. The van der Waals surface area contributed by atoms with Crippen LogP contribution in [0.15, 0.2) is 18.2 Å². The zero-order valence-corrected chi connectivity index (χ0v) is 11.7. The fourth-order valence-corrected chi connectivity index (χ4v) is 1.43. The molecular formula is C13H19NO3S. The quantitative estimate of drug-likeness (QED) is 0.770. The molecule has 0 bridgehead atoms. The van der Waals surface area contributed by atoms with Crippen LogP contribution in [0, 0.1) is 5.92 Å². The zero-order valence-electron chi connectivity index (χ0n) is 10.8. The number of thiocarbonyl (C=S) groups is 1. The summed E-state index contributed by atoms with van der Waals surface area (Å²) in [7, 11) is 1.55. The molecule has 4 nitrogen and oxygen atoms in total. The van der Waals surface area contributed by atoms with E-state index in [9.17, 15) is 5.11 Å². The number of hydrogen-bond donors (Lipinski definition) is 2. The van der Waals surface area contributed by atoms with E-state index in [4.69, 9.17) is 27.4 Å². The molecule has 1 atom stereocenters. The van der Waals surface area contributed by atoms with Crippen molar-refractivity contribution in [3.63, 3.8) is 0 Å². The Morgan fingerprint density at radius 3 is 2.56 bits per heavy atom. The molecule has 0 amide bonds. The van der Waals surface area contributed by atoms with Crippen molar-refractivity contribution in [2.24, 2.45) is 11.7 Å². The highest BCUT2D eigenvalue weighted by molar-refractivity contribution is 7.80. The first-order chi connectivity index (χ1) is 8.45. The normalized spacial score (nSPS) is 12.3. The molecule has 0 aromatic heterocycles. The van der Waals surface area contributed by atoms with E-state index in [1.54, 1.807) is 25.3 Å². The van der Waals surface area contributed by atoms with Crippen LogP contribution in [0.2, 0.25) is 0 Å². The van der Waals surface area contributed by atoms with Gasteiger partial charge in [0.15, 0.2) is 11.5 Å². The Morgan fingerprint density at radius 2 is 2.06 bits per heavy atom. The van der Waals surface area contributed by atoms with Crippen LogP contribution in [-0.4, -0.2) is 29.9 Å². The van der Waals surface area contributed by atoms with Crippen molar-refractivity contribution in [1.82, 2.24) is 0 Å². The molecule has 0 aliphatic carbocycles. The second-order valence-corrected chi connectivity index (χ2v) is 4.79. The number of methoxy groups -OCH3 is 1. The van der Waals surface area contributed by atoms with Crippen LogP contribution in [0.1, 0.15) is 19.4 Å². The molecule has 0 aliphatic heterocycles. The third-order valence-corrected chi connectivity index (χ3v) is 2.86. The third-order valence-electron chi connectivity index (χ3n) is 2.63. The summed E-state index contributed by atoms with van der Waals surface area (Å²) in [5, 5.41) is 9.69. The molecule has 1 aromatic rings. The van der Waals surface area contributed by atoms with Gasteiger partial charge in [-0.2, -0.15) is 0 Å². The van der Waals surface area contributed by atoms with Crippen LogP contribution in [0.5, 0.6) is 11.5 Å². The van der Waals surface area contributed by atoms with Gasteiger partial charge in [-0.25, -0.2) is 0 Å². The minimum atomic E-state index is -0.509. The van der Waals surface area contributed by atoms with Crippen molar-refractivity contribution < 1.29 is 14.6 Å². The van der Waals surface area contributed by atoms with E-state index in [2.05, 4.69) is 0 Å². The molecule has 1 aromatic carbocycles. The number of aliphatic hydroxyl groups is 1. The Balaban J connectivity index is 2.80. The maximum absolute atomic E-state index is 9.69. The van der Waals surface area contributed by atoms with E-state index in [-0.39, 0.29) is 12.5 Å². The molecule has 0 aliphatic rings. The summed E-state index contributed by atoms with van der Waals surface area (Å²) in [6.45, 7) is 4.09. The van der Waals surface area contributed by atoms with Gasteiger partial charge >= 0.3 is 0 Å². The Labute approximate surface area is 113 Å². The van der Waals surface area contributed by atoms with Crippen LogP contribution < -0.4 is 15.2 Å². The molecule has 100 valence electrons. The second kappa shape index (κ2) is 6.56. The van der Waals surface area contributed by atoms with Crippen LogP contribution >= 0.6 is 12.2 Å². The van der Waals surface area contributed by atoms with Crippen molar-refractivity contribution >= 4 is 17.2 Å². The summed E-state index contributed by atoms with van der Waals surface area (Å²) >= 11 is 4.89. The Kier molecular flexibility index (Phi) is 5.37. The molecule has 0 saturated carbocycles. The number of nitrogens with two attached hydrogens (primary N) is 1. The lowest BCUT2D eigenvalue weighted by atomic mass is 10.1. The van der Waals surface area contributed by atoms with E-state index in [0.29, 0.717) is 16.5 Å². The molecule has 1 rings (SSSR count). The van der Waals surface area contributed by atoms with Crippen molar-refractivity contribution in [3.8, 4) is 11.5 Å². The third kappa shape index (κ3) is 3.85. The van der Waals surface area contributed by atoms with Gasteiger partial charge in [-0.05, 0) is 24.1 Å². The van der Waals surface area contributed by atoms with Gasteiger partial charge in [0.1, 0.15) is 11.6 Å². The standard InChI is InChI=1S/C13H19NO3S/c1-8(2)10(15)7-17-11-5-4-9(13(14)18)6-12(11)16-3/h4-6,8,10,15H,7H2,1-3H3,(H2,14,18). The van der Waals surface area contributed by atoms with Gasteiger partial charge in [0.25, 0.3) is 0 Å². The number of benzene rings is 1. The smallest absolute Gasteiger partial charge is 0.161 e. The fraction of sp³-hybridized carbons (Fsp3) is 0.462. The van der Waals surface area contributed by atoms with Gasteiger partial charge in [0.2, 0.25) is 0 Å². The molecular weight excluding hydrogens is 250 g/mol. The summed E-state index contributed by atoms with van der Waals surface area (Å²) in [5.41, 5.74) is 6.27. The number of hydrogen-bond acceptors (Lipinski definition) is 4. The van der Waals surface area contributed by atoms with Crippen molar-refractivity contribution in [1.29, 1.82) is 0 Å². The van der Waals surface area contributed by atoms with Gasteiger partial charge in [0, 0.05) is 5.56 Å². The zero-order chi connectivity index (χ0) is 13.7. The highest BCUT2D eigenvalue weighted by Gasteiger charge is 2.12. The summed E-state index contributed by atoms with van der Waals surface area (Å²) in [5.74, 6) is 1.26. The molecule has 0 fully saturated rings. The average Bonchev–Trinajstić information content (AvgIpc) is 2.35. The first-order valence-electron chi connectivity index (χ1n) is 5.74. The Hall–Kier alpha value is -1.33. The van der Waals surface area contributed by atoms with Gasteiger partial charge in [0.05, 0.1) is 13.2 Å². The summed E-state index contributed by atoms with van der Waals surface area (Å²) < 4.78 is 10.7. The Bertz CT molecular complexity index is 421. The molecule has 5 heteroatoms. The average molecular weight is 269 g/mol. The van der Waals surface area contributed by atoms with Crippen LogP contribution in [-0.2, 0) is 0 Å². The van der Waals surface area contributed by atoms with Crippen molar-refractivity contribution in [2.45, 2.75) is 20.0 Å². The molecule has 0 spiro atoms. The minimum absolute atomic E-state index is 0.145. The van der Waals surface area contributed by atoms with Crippen molar-refractivity contribution in [3.05, 3.63) is 23.8 Å². The summed E-state index contributed by atoms with van der Waals surface area (Å²) in [6.07, 6.45) is -0.509. The maximum atomic E-state index is 9.69. The van der Waals surface area contributed by atoms with Gasteiger partial charge in [-0.3, -0.25) is 0 Å². The van der Waals surface area contributed by atoms with Crippen LogP contribution in [0.4, 0.5) is 0 Å². The fourth-order valence-electron chi connectivity index (χ4n) is 1.31. The second-order valence-electron chi connectivity index (χ2n) is 4.35. The van der Waals surface area contributed by atoms with Gasteiger partial charge < -0.3 is 20.3 Å². The highest BCUT2D eigenvalue weighted by atomic mass is 32.1. The molecule has 0 saturated heterocycles. The first kappa shape index (κ1) is 14.7. The number of ether oxygens (including phenoxy) is 2. The predicted octanol–water partition coefficient (Wildman–Crippen LogP) is 1.73. The maximum Gasteiger partial charge on any atom is 0.161 e. The lowest BCUT2D eigenvalue weighted by Gasteiger charge is -2.17. The van der Waals surface area contributed by atoms with E-state index in [0.717, 1.165) is 5.56 Å². The van der Waals surface area contributed by atoms with E-state index in [1.807, 2.05) is 13.8 Å². The summed E-state index contributed by atoms with van der Waals surface area (Å²) in [4.78, 5) is 0.307. The van der Waals surface area contributed by atoms with Gasteiger partial charge in [-0.1, -0.05) is 26.1 Å². The summed E-state index contributed by atoms with van der Waals surface area (Å²) in [6, 6.07) is 5.22. The topological polar surface area (TPSA) is 64.7 Å². The van der Waals surface area contributed by atoms with Crippen LogP contribution in [0.3, 0.4) is 0 Å². The van der Waals surface area contributed by atoms with Crippen molar-refractivity contribution in [2.75, 3.05) is 13.7 Å². The molecule has 0 heterocycles. The number of rotatable bonds is 6. The van der Waals surface area contributed by atoms with E-state index < -0.39 is 6.10 Å². The SMILES string of the molecule is COc1cc(C(N)=S)ccc1OCC(O)C(C)C. The highest BCUT2D eigenvalue weighted by Crippen LogP contribution is 2.28. The Morgan fingerprint density at radius 1 is 1.39 bits per heavy atom. The molecule has 18 heavy (non-hydrogen) atoms. The molecule has 0 radical (unpaired) electrons. The van der Waals surface area contributed by atoms with Crippen LogP contribution in [0.25, 0.3) is 0 Å². The van der Waals surface area contributed by atoms with E-state index >= 15 is 0 Å². The number of aliphatic hydroxyl groups excluding tert-OH is 1. The van der Waals surface area contributed by atoms with Gasteiger partial charge in [-0.15, -0.1) is 0 Å². The first-order valence-corrected chi connectivity index (χ1v) is 6.15. The molecule has 1 unspecified atom stereocenters. The largest absolute Gasteiger partial charge is 0.493 e. The molecule has 3 N–H and O–H groups in total. The lowest BCUT2D eigenvalue weighted by Crippen LogP contribution is -2.23. The lowest BCUT2D eigenvalue weighted by molar-refractivity contribution is 0.0689. The minimum Gasteiger partial charge on any atom is -0.493 e. The van der Waals surface area contributed by atoms with E-state index in [1.165, 1.54) is 0 Å². The predicted molar refractivity (Wildman–Crippen MR) is 75.2 cm³/mol.